The fourth-order valence-electron chi connectivity index (χ4n) is 1.60. The fraction of sp³-hybridized carbons (Fsp3) is 0.500. The van der Waals surface area contributed by atoms with Crippen LogP contribution < -0.4 is 11.1 Å². The quantitative estimate of drug-likeness (QED) is 0.614. The number of hydrogen-bond acceptors (Lipinski definition) is 3. The minimum Gasteiger partial charge on any atom is -0.368 e. The average molecular weight is 180 g/mol. The Hall–Kier alpha value is -1.36. The number of nitrogens with two attached hydrogens (primary N) is 1. The second-order valence-corrected chi connectivity index (χ2v) is 3.16. The molecule has 1 aliphatic heterocycles. The largest absolute Gasteiger partial charge is 0.368 e. The van der Waals surface area contributed by atoms with E-state index in [1.54, 1.807) is 6.33 Å². The molecule has 0 fully saturated rings. The van der Waals surface area contributed by atoms with Crippen LogP contribution >= 0.6 is 0 Å². The topological polar surface area (TPSA) is 72.9 Å². The molecule has 0 atom stereocenters. The van der Waals surface area contributed by atoms with Crippen LogP contribution in [0.3, 0.4) is 0 Å². The van der Waals surface area contributed by atoms with E-state index < -0.39 is 0 Å². The van der Waals surface area contributed by atoms with Gasteiger partial charge >= 0.3 is 0 Å². The third kappa shape index (κ3) is 1.55. The molecular formula is C8H12N4O. The molecule has 0 aliphatic carbocycles. The van der Waals surface area contributed by atoms with Crippen LogP contribution in [0.1, 0.15) is 11.4 Å². The highest BCUT2D eigenvalue weighted by Gasteiger charge is 2.14. The maximum atomic E-state index is 10.7. The van der Waals surface area contributed by atoms with E-state index in [1.807, 2.05) is 4.57 Å². The Balaban J connectivity index is 2.26. The SMILES string of the molecule is NC(=O)Cn1cnc2c1CCNC2. The molecule has 1 amide bonds. The van der Waals surface area contributed by atoms with Gasteiger partial charge in [0.1, 0.15) is 6.54 Å². The lowest BCUT2D eigenvalue weighted by atomic mass is 10.2. The molecule has 0 saturated heterocycles. The van der Waals surface area contributed by atoms with Gasteiger partial charge in [-0.1, -0.05) is 0 Å². The highest BCUT2D eigenvalue weighted by Crippen LogP contribution is 2.11. The van der Waals surface area contributed by atoms with Crippen molar-refractivity contribution in [1.82, 2.24) is 14.9 Å². The van der Waals surface area contributed by atoms with Crippen LogP contribution in [0.2, 0.25) is 0 Å². The Labute approximate surface area is 75.9 Å². The van der Waals surface area contributed by atoms with Crippen LogP contribution in [0.25, 0.3) is 0 Å². The number of nitrogens with zero attached hydrogens (tertiary/aromatic N) is 2. The van der Waals surface area contributed by atoms with Crippen molar-refractivity contribution >= 4 is 5.91 Å². The summed E-state index contributed by atoms with van der Waals surface area (Å²) in [6.07, 6.45) is 2.60. The van der Waals surface area contributed by atoms with Gasteiger partial charge in [0.15, 0.2) is 0 Å². The van der Waals surface area contributed by atoms with Gasteiger partial charge in [-0.15, -0.1) is 0 Å². The predicted molar refractivity (Wildman–Crippen MR) is 46.8 cm³/mol. The molecule has 0 spiro atoms. The third-order valence-corrected chi connectivity index (χ3v) is 2.19. The molecule has 70 valence electrons. The molecule has 5 heteroatoms. The Morgan fingerprint density at radius 3 is 3.38 bits per heavy atom. The first-order chi connectivity index (χ1) is 6.27. The van der Waals surface area contributed by atoms with Crippen molar-refractivity contribution in [3.8, 4) is 0 Å². The predicted octanol–water partition coefficient (Wildman–Crippen LogP) is -0.986. The zero-order valence-corrected chi connectivity index (χ0v) is 7.29. The summed E-state index contributed by atoms with van der Waals surface area (Å²) < 4.78 is 1.83. The molecule has 0 aromatic carbocycles. The van der Waals surface area contributed by atoms with E-state index in [4.69, 9.17) is 5.73 Å². The molecule has 2 heterocycles. The molecule has 1 aliphatic rings. The number of primary amides is 1. The van der Waals surface area contributed by atoms with Gasteiger partial charge < -0.3 is 15.6 Å². The van der Waals surface area contributed by atoms with Crippen molar-refractivity contribution in [1.29, 1.82) is 0 Å². The molecule has 1 aromatic rings. The average Bonchev–Trinajstić information content (AvgIpc) is 2.48. The molecular weight excluding hydrogens is 168 g/mol. The summed E-state index contributed by atoms with van der Waals surface area (Å²) in [4.78, 5) is 14.9. The number of carbonyl (C=O) groups excluding carboxylic acids is 1. The summed E-state index contributed by atoms with van der Waals surface area (Å²) in [6.45, 7) is 1.97. The number of nitrogens with one attached hydrogen (secondary N) is 1. The van der Waals surface area contributed by atoms with Crippen molar-refractivity contribution in [2.45, 2.75) is 19.5 Å². The third-order valence-electron chi connectivity index (χ3n) is 2.19. The molecule has 2 rings (SSSR count). The van der Waals surface area contributed by atoms with Crippen molar-refractivity contribution in [2.75, 3.05) is 6.54 Å². The second-order valence-electron chi connectivity index (χ2n) is 3.16. The van der Waals surface area contributed by atoms with Crippen LogP contribution in [-0.2, 0) is 24.3 Å². The lowest BCUT2D eigenvalue weighted by Crippen LogP contribution is -2.27. The lowest BCUT2D eigenvalue weighted by molar-refractivity contribution is -0.118. The van der Waals surface area contributed by atoms with Gasteiger partial charge in [-0.05, 0) is 0 Å². The molecule has 13 heavy (non-hydrogen) atoms. The van der Waals surface area contributed by atoms with Crippen molar-refractivity contribution in [3.63, 3.8) is 0 Å². The van der Waals surface area contributed by atoms with Gasteiger partial charge in [0.2, 0.25) is 5.91 Å². The van der Waals surface area contributed by atoms with Gasteiger partial charge in [0, 0.05) is 25.2 Å². The summed E-state index contributed by atoms with van der Waals surface area (Å²) >= 11 is 0. The summed E-state index contributed by atoms with van der Waals surface area (Å²) in [5.74, 6) is -0.321. The van der Waals surface area contributed by atoms with E-state index in [-0.39, 0.29) is 12.5 Å². The van der Waals surface area contributed by atoms with Crippen molar-refractivity contribution in [2.24, 2.45) is 5.73 Å². The van der Waals surface area contributed by atoms with Crippen LogP contribution in [0.15, 0.2) is 6.33 Å². The first-order valence-corrected chi connectivity index (χ1v) is 4.29. The van der Waals surface area contributed by atoms with Crippen LogP contribution in [0.5, 0.6) is 0 Å². The first-order valence-electron chi connectivity index (χ1n) is 4.29. The second kappa shape index (κ2) is 3.18. The van der Waals surface area contributed by atoms with Crippen LogP contribution in [0.4, 0.5) is 0 Å². The summed E-state index contributed by atoms with van der Waals surface area (Å²) in [5.41, 5.74) is 7.28. The molecule has 0 saturated carbocycles. The van der Waals surface area contributed by atoms with E-state index in [0.29, 0.717) is 0 Å². The number of fused-ring (bicyclic) bond motifs is 1. The van der Waals surface area contributed by atoms with Crippen molar-refractivity contribution < 1.29 is 4.79 Å². The number of imidazole rings is 1. The maximum absolute atomic E-state index is 10.7. The van der Waals surface area contributed by atoms with Gasteiger partial charge in [-0.2, -0.15) is 0 Å². The molecule has 3 N–H and O–H groups in total. The number of rotatable bonds is 2. The summed E-state index contributed by atoms with van der Waals surface area (Å²) in [7, 11) is 0. The van der Waals surface area contributed by atoms with Crippen LogP contribution in [0, 0.1) is 0 Å². The Bertz CT molecular complexity index is 331. The monoisotopic (exact) mass is 180 g/mol. The molecule has 0 radical (unpaired) electrons. The molecule has 5 nitrogen and oxygen atoms in total. The number of amides is 1. The van der Waals surface area contributed by atoms with E-state index in [9.17, 15) is 4.79 Å². The van der Waals surface area contributed by atoms with Crippen molar-refractivity contribution in [3.05, 3.63) is 17.7 Å². The van der Waals surface area contributed by atoms with Gasteiger partial charge in [0.25, 0.3) is 0 Å². The number of hydrogen-bond donors (Lipinski definition) is 2. The van der Waals surface area contributed by atoms with E-state index in [1.165, 1.54) is 0 Å². The first kappa shape index (κ1) is 8.25. The maximum Gasteiger partial charge on any atom is 0.237 e. The van der Waals surface area contributed by atoms with Gasteiger partial charge in [-0.25, -0.2) is 4.98 Å². The van der Waals surface area contributed by atoms with Gasteiger partial charge in [0.05, 0.1) is 12.0 Å². The number of carbonyl (C=O) groups is 1. The standard InChI is InChI=1S/C8H12N4O/c9-8(13)4-12-5-11-6-3-10-2-1-7(6)12/h5,10H,1-4H2,(H2,9,13). The zero-order valence-electron chi connectivity index (χ0n) is 7.29. The highest BCUT2D eigenvalue weighted by atomic mass is 16.1. The minimum absolute atomic E-state index is 0.238. The Morgan fingerprint density at radius 1 is 1.77 bits per heavy atom. The Morgan fingerprint density at radius 2 is 2.62 bits per heavy atom. The zero-order chi connectivity index (χ0) is 9.26. The lowest BCUT2D eigenvalue weighted by Gasteiger charge is -2.14. The molecule has 1 aromatic heterocycles. The van der Waals surface area contributed by atoms with Crippen LogP contribution in [-0.4, -0.2) is 22.0 Å². The Kier molecular flexibility index (Phi) is 2.02. The smallest absolute Gasteiger partial charge is 0.237 e. The normalized spacial score (nSPS) is 15.4. The fourth-order valence-corrected chi connectivity index (χ4v) is 1.60. The summed E-state index contributed by atoms with van der Waals surface area (Å²) in [5, 5.41) is 3.22. The summed E-state index contributed by atoms with van der Waals surface area (Å²) in [6, 6.07) is 0. The molecule has 0 bridgehead atoms. The molecule has 0 unspecified atom stereocenters. The van der Waals surface area contributed by atoms with E-state index in [2.05, 4.69) is 10.3 Å². The van der Waals surface area contributed by atoms with E-state index in [0.717, 1.165) is 30.9 Å². The van der Waals surface area contributed by atoms with E-state index >= 15 is 0 Å². The highest BCUT2D eigenvalue weighted by molar-refractivity contribution is 5.73. The van der Waals surface area contributed by atoms with Gasteiger partial charge in [-0.3, -0.25) is 4.79 Å². The number of aromatic nitrogens is 2. The minimum atomic E-state index is -0.321.